The molecule has 0 fully saturated rings. The highest BCUT2D eigenvalue weighted by Gasteiger charge is 2.28. The van der Waals surface area contributed by atoms with Gasteiger partial charge in [-0.3, -0.25) is 0 Å². The zero-order valence-corrected chi connectivity index (χ0v) is 10.8. The summed E-state index contributed by atoms with van der Waals surface area (Å²) in [6.07, 6.45) is 2.20. The van der Waals surface area contributed by atoms with Crippen LogP contribution in [0.25, 0.3) is 11.4 Å². The summed E-state index contributed by atoms with van der Waals surface area (Å²) in [6, 6.07) is 6.60. The van der Waals surface area contributed by atoms with Gasteiger partial charge in [0.25, 0.3) is 0 Å². The van der Waals surface area contributed by atoms with E-state index in [1.165, 1.54) is 4.68 Å². The topological polar surface area (TPSA) is 68.0 Å². The number of aliphatic carboxylic acids is 1. The summed E-state index contributed by atoms with van der Waals surface area (Å²) < 4.78 is 1.54. The number of carbonyl (C=O) groups is 1. The fourth-order valence-electron chi connectivity index (χ4n) is 2.30. The first-order valence-electron chi connectivity index (χ1n) is 6.09. The Morgan fingerprint density at radius 3 is 2.79 bits per heavy atom. The molecule has 19 heavy (non-hydrogen) atoms. The maximum atomic E-state index is 11.2. The molecule has 6 heteroatoms. The van der Waals surface area contributed by atoms with Crippen LogP contribution in [0.5, 0.6) is 0 Å². The number of benzene rings is 1. The SMILES string of the molecule is O=C(O)C1CCCc2nc(-c3ccc(Cl)cc3)nn21. The minimum absolute atomic E-state index is 0.555. The summed E-state index contributed by atoms with van der Waals surface area (Å²) >= 11 is 5.84. The molecule has 5 nitrogen and oxygen atoms in total. The largest absolute Gasteiger partial charge is 0.480 e. The first-order chi connectivity index (χ1) is 9.15. The van der Waals surface area contributed by atoms with Gasteiger partial charge in [0.1, 0.15) is 5.82 Å². The molecule has 1 N–H and O–H groups in total. The Labute approximate surface area is 114 Å². The average Bonchev–Trinajstić information content (AvgIpc) is 2.82. The third-order valence-corrected chi connectivity index (χ3v) is 3.51. The molecular weight excluding hydrogens is 266 g/mol. The van der Waals surface area contributed by atoms with Crippen LogP contribution in [0.4, 0.5) is 0 Å². The molecule has 2 aromatic rings. The Morgan fingerprint density at radius 1 is 1.37 bits per heavy atom. The predicted molar refractivity (Wildman–Crippen MR) is 70.1 cm³/mol. The van der Waals surface area contributed by atoms with Gasteiger partial charge in [-0.05, 0) is 37.1 Å². The van der Waals surface area contributed by atoms with Crippen molar-refractivity contribution in [3.05, 3.63) is 35.1 Å². The van der Waals surface area contributed by atoms with Crippen LogP contribution in [0, 0.1) is 0 Å². The van der Waals surface area contributed by atoms with E-state index in [-0.39, 0.29) is 0 Å². The molecule has 98 valence electrons. The fraction of sp³-hybridized carbons (Fsp3) is 0.308. The van der Waals surface area contributed by atoms with Gasteiger partial charge in [-0.1, -0.05) is 11.6 Å². The van der Waals surface area contributed by atoms with Crippen LogP contribution in [0.3, 0.4) is 0 Å². The smallest absolute Gasteiger partial charge is 0.328 e. The van der Waals surface area contributed by atoms with Crippen LogP contribution < -0.4 is 0 Å². The van der Waals surface area contributed by atoms with E-state index >= 15 is 0 Å². The predicted octanol–water partition coefficient (Wildman–Crippen LogP) is 2.56. The molecule has 1 atom stereocenters. The number of carboxylic acid groups (broad SMARTS) is 1. The van der Waals surface area contributed by atoms with Gasteiger partial charge in [0.2, 0.25) is 0 Å². The summed E-state index contributed by atoms with van der Waals surface area (Å²) in [7, 11) is 0. The molecule has 0 saturated heterocycles. The van der Waals surface area contributed by atoms with Gasteiger partial charge in [-0.2, -0.15) is 0 Å². The van der Waals surface area contributed by atoms with Crippen molar-refractivity contribution < 1.29 is 9.90 Å². The summed E-state index contributed by atoms with van der Waals surface area (Å²) in [5, 5.41) is 14.2. The van der Waals surface area contributed by atoms with Crippen LogP contribution in [0.2, 0.25) is 5.02 Å². The standard InChI is InChI=1S/C13H12ClN3O2/c14-9-6-4-8(5-7-9)12-15-11-3-1-2-10(13(18)19)17(11)16-12/h4-7,10H,1-3H2,(H,18,19). The van der Waals surface area contributed by atoms with E-state index in [0.29, 0.717) is 17.3 Å². The number of fused-ring (bicyclic) bond motifs is 1. The lowest BCUT2D eigenvalue weighted by molar-refractivity contribution is -0.141. The first-order valence-corrected chi connectivity index (χ1v) is 6.47. The molecule has 1 aromatic heterocycles. The Kier molecular flexibility index (Phi) is 2.98. The van der Waals surface area contributed by atoms with Crippen LogP contribution in [0.15, 0.2) is 24.3 Å². The minimum atomic E-state index is -0.853. The number of aryl methyl sites for hydroxylation is 1. The van der Waals surface area contributed by atoms with Gasteiger partial charge < -0.3 is 5.11 Å². The quantitative estimate of drug-likeness (QED) is 0.916. The third kappa shape index (κ3) is 2.21. The third-order valence-electron chi connectivity index (χ3n) is 3.26. The van der Waals surface area contributed by atoms with Crippen LogP contribution >= 0.6 is 11.6 Å². The maximum absolute atomic E-state index is 11.2. The minimum Gasteiger partial charge on any atom is -0.480 e. The number of halogens is 1. The van der Waals surface area contributed by atoms with Crippen molar-refractivity contribution in [3.8, 4) is 11.4 Å². The normalized spacial score (nSPS) is 18.1. The van der Waals surface area contributed by atoms with Gasteiger partial charge in [-0.15, -0.1) is 5.10 Å². The van der Waals surface area contributed by atoms with Crippen molar-refractivity contribution in [2.24, 2.45) is 0 Å². The number of hydrogen-bond acceptors (Lipinski definition) is 3. The van der Waals surface area contributed by atoms with Crippen molar-refractivity contribution in [2.75, 3.05) is 0 Å². The van der Waals surface area contributed by atoms with Crippen LogP contribution in [-0.2, 0) is 11.2 Å². The van der Waals surface area contributed by atoms with Crippen molar-refractivity contribution in [1.82, 2.24) is 14.8 Å². The Balaban J connectivity index is 2.02. The lowest BCUT2D eigenvalue weighted by Gasteiger charge is -2.19. The average molecular weight is 278 g/mol. The molecule has 0 spiro atoms. The van der Waals surface area contributed by atoms with E-state index in [1.54, 1.807) is 12.1 Å². The zero-order valence-electron chi connectivity index (χ0n) is 10.1. The number of aromatic nitrogens is 3. The van der Waals surface area contributed by atoms with Crippen LogP contribution in [0.1, 0.15) is 24.7 Å². The molecular formula is C13H12ClN3O2. The lowest BCUT2D eigenvalue weighted by atomic mass is 10.1. The highest BCUT2D eigenvalue weighted by Crippen LogP contribution is 2.26. The molecule has 0 saturated carbocycles. The summed E-state index contributed by atoms with van der Waals surface area (Å²) in [5.41, 5.74) is 0.843. The van der Waals surface area contributed by atoms with E-state index in [1.807, 2.05) is 12.1 Å². The highest BCUT2D eigenvalue weighted by molar-refractivity contribution is 6.30. The summed E-state index contributed by atoms with van der Waals surface area (Å²) in [6.45, 7) is 0. The monoisotopic (exact) mass is 277 g/mol. The van der Waals surface area contributed by atoms with Gasteiger partial charge in [-0.25, -0.2) is 14.5 Å². The summed E-state index contributed by atoms with van der Waals surface area (Å²) in [5.74, 6) is 0.442. The molecule has 1 aliphatic heterocycles. The fourth-order valence-corrected chi connectivity index (χ4v) is 2.43. The Bertz CT molecular complexity index is 621. The van der Waals surface area contributed by atoms with Gasteiger partial charge in [0, 0.05) is 17.0 Å². The van der Waals surface area contributed by atoms with Gasteiger partial charge in [0.15, 0.2) is 11.9 Å². The Hall–Kier alpha value is -1.88. The number of nitrogens with zero attached hydrogens (tertiary/aromatic N) is 3. The number of hydrogen-bond donors (Lipinski definition) is 1. The zero-order chi connectivity index (χ0) is 13.4. The van der Waals surface area contributed by atoms with Gasteiger partial charge >= 0.3 is 5.97 Å². The first kappa shape index (κ1) is 12.2. The van der Waals surface area contributed by atoms with Crippen molar-refractivity contribution >= 4 is 17.6 Å². The van der Waals surface area contributed by atoms with Crippen molar-refractivity contribution in [1.29, 1.82) is 0 Å². The number of carboxylic acids is 1. The maximum Gasteiger partial charge on any atom is 0.328 e. The van der Waals surface area contributed by atoms with E-state index in [4.69, 9.17) is 11.6 Å². The molecule has 2 heterocycles. The molecule has 0 aliphatic carbocycles. The second kappa shape index (κ2) is 4.66. The van der Waals surface area contributed by atoms with E-state index in [2.05, 4.69) is 10.1 Å². The number of rotatable bonds is 2. The van der Waals surface area contributed by atoms with Gasteiger partial charge in [0.05, 0.1) is 0 Å². The molecule has 0 radical (unpaired) electrons. The Morgan fingerprint density at radius 2 is 2.11 bits per heavy atom. The molecule has 1 aliphatic rings. The highest BCUT2D eigenvalue weighted by atomic mass is 35.5. The molecule has 0 bridgehead atoms. The second-order valence-electron chi connectivity index (χ2n) is 4.55. The molecule has 3 rings (SSSR count). The van der Waals surface area contributed by atoms with E-state index < -0.39 is 12.0 Å². The molecule has 1 unspecified atom stereocenters. The molecule has 1 aromatic carbocycles. The van der Waals surface area contributed by atoms with Crippen LogP contribution in [-0.4, -0.2) is 25.8 Å². The van der Waals surface area contributed by atoms with E-state index in [9.17, 15) is 9.90 Å². The lowest BCUT2D eigenvalue weighted by Crippen LogP contribution is -2.25. The van der Waals surface area contributed by atoms with Crippen molar-refractivity contribution in [3.63, 3.8) is 0 Å². The molecule has 0 amide bonds. The van der Waals surface area contributed by atoms with E-state index in [0.717, 1.165) is 24.2 Å². The second-order valence-corrected chi connectivity index (χ2v) is 4.99. The summed E-state index contributed by atoms with van der Waals surface area (Å²) in [4.78, 5) is 15.6. The van der Waals surface area contributed by atoms with Crippen molar-refractivity contribution in [2.45, 2.75) is 25.3 Å².